The van der Waals surface area contributed by atoms with Crippen molar-refractivity contribution < 1.29 is 14.6 Å². The second kappa shape index (κ2) is 4.47. The zero-order chi connectivity index (χ0) is 12.3. The summed E-state index contributed by atoms with van der Waals surface area (Å²) in [6.07, 6.45) is 0. The molecule has 0 bridgehead atoms. The number of carbonyl (C=O) groups is 1. The molecule has 0 saturated heterocycles. The third-order valence-corrected chi connectivity index (χ3v) is 1.99. The monoisotopic (exact) mass is 224 g/mol. The van der Waals surface area contributed by atoms with E-state index in [2.05, 4.69) is 0 Å². The van der Waals surface area contributed by atoms with Crippen molar-refractivity contribution in [3.63, 3.8) is 0 Å². The van der Waals surface area contributed by atoms with Crippen LogP contribution < -0.4 is 0 Å². The third kappa shape index (κ3) is 2.59. The Morgan fingerprint density at radius 1 is 1.31 bits per heavy atom. The summed E-state index contributed by atoms with van der Waals surface area (Å²) in [4.78, 5) is 30.6. The van der Waals surface area contributed by atoms with E-state index in [1.807, 2.05) is 0 Å². The van der Waals surface area contributed by atoms with Gasteiger partial charge in [-0.15, -0.1) is 0 Å². The molecule has 84 valence electrons. The van der Waals surface area contributed by atoms with Crippen molar-refractivity contribution in [3.05, 3.63) is 49.6 Å². The van der Waals surface area contributed by atoms with Crippen LogP contribution in [0.15, 0.2) is 18.2 Å². The molecule has 0 spiro atoms. The van der Waals surface area contributed by atoms with Gasteiger partial charge < -0.3 is 0 Å². The minimum Gasteiger partial charge on any atom is -0.287 e. The van der Waals surface area contributed by atoms with Crippen molar-refractivity contribution in [1.82, 2.24) is 0 Å². The minimum atomic E-state index is -0.808. The molecule has 0 heterocycles. The van der Waals surface area contributed by atoms with Crippen molar-refractivity contribution in [1.29, 1.82) is 0 Å². The standard InChI is InChI=1S/C9H8N2O5/c1-6-4-7(9(12)5-10(13)14)2-3-8(6)11(15)16/h2-4H,5H2,1H3. The van der Waals surface area contributed by atoms with Gasteiger partial charge in [-0.2, -0.15) is 0 Å². The fourth-order valence-corrected chi connectivity index (χ4v) is 1.24. The number of nitro groups is 2. The van der Waals surface area contributed by atoms with Crippen LogP contribution in [0, 0.1) is 27.2 Å². The van der Waals surface area contributed by atoms with Crippen LogP contribution in [0.25, 0.3) is 0 Å². The number of nitro benzene ring substituents is 1. The van der Waals surface area contributed by atoms with E-state index in [0.717, 1.165) is 0 Å². The highest BCUT2D eigenvalue weighted by Gasteiger charge is 2.16. The second-order valence-corrected chi connectivity index (χ2v) is 3.17. The molecule has 0 aromatic heterocycles. The number of nitrogens with zero attached hydrogens (tertiary/aromatic N) is 2. The average molecular weight is 224 g/mol. The van der Waals surface area contributed by atoms with Gasteiger partial charge in [0.15, 0.2) is 0 Å². The lowest BCUT2D eigenvalue weighted by Gasteiger charge is -1.99. The van der Waals surface area contributed by atoms with Crippen LogP contribution in [0.2, 0.25) is 0 Å². The van der Waals surface area contributed by atoms with Gasteiger partial charge in [-0.05, 0) is 19.1 Å². The summed E-state index contributed by atoms with van der Waals surface area (Å²) in [6.45, 7) is 0.665. The molecular weight excluding hydrogens is 216 g/mol. The van der Waals surface area contributed by atoms with E-state index in [-0.39, 0.29) is 11.3 Å². The zero-order valence-electron chi connectivity index (χ0n) is 8.37. The van der Waals surface area contributed by atoms with Crippen LogP contribution in [-0.2, 0) is 0 Å². The Morgan fingerprint density at radius 2 is 1.94 bits per heavy atom. The summed E-state index contributed by atoms with van der Waals surface area (Å²) in [5.41, 5.74) is 0.302. The number of rotatable bonds is 4. The summed E-state index contributed by atoms with van der Waals surface area (Å²) >= 11 is 0. The van der Waals surface area contributed by atoms with Crippen LogP contribution in [0.5, 0.6) is 0 Å². The zero-order valence-corrected chi connectivity index (χ0v) is 8.37. The molecular formula is C9H8N2O5. The van der Waals surface area contributed by atoms with Crippen LogP contribution in [0.1, 0.15) is 15.9 Å². The van der Waals surface area contributed by atoms with Crippen molar-refractivity contribution in [2.24, 2.45) is 0 Å². The number of Topliss-reactive ketones (excluding diaryl/α,β-unsaturated/α-hetero) is 1. The molecule has 0 aliphatic carbocycles. The van der Waals surface area contributed by atoms with Crippen molar-refractivity contribution in [3.8, 4) is 0 Å². The smallest absolute Gasteiger partial charge is 0.272 e. The van der Waals surface area contributed by atoms with E-state index in [4.69, 9.17) is 0 Å². The Labute approximate surface area is 90.0 Å². The SMILES string of the molecule is Cc1cc(C(=O)C[N+](=O)[O-])ccc1[N+](=O)[O-]. The van der Waals surface area contributed by atoms with Crippen LogP contribution >= 0.6 is 0 Å². The molecule has 0 fully saturated rings. The highest BCUT2D eigenvalue weighted by Crippen LogP contribution is 2.18. The topological polar surface area (TPSA) is 103 Å². The molecule has 0 atom stereocenters. The molecule has 7 heteroatoms. The molecule has 0 unspecified atom stereocenters. The fraction of sp³-hybridized carbons (Fsp3) is 0.222. The lowest BCUT2D eigenvalue weighted by atomic mass is 10.1. The van der Waals surface area contributed by atoms with E-state index in [1.165, 1.54) is 25.1 Å². The molecule has 0 amide bonds. The van der Waals surface area contributed by atoms with Gasteiger partial charge in [0.05, 0.1) is 4.92 Å². The summed E-state index contributed by atoms with van der Waals surface area (Å²) in [6, 6.07) is 3.67. The van der Waals surface area contributed by atoms with Gasteiger partial charge in [0.1, 0.15) is 0 Å². The van der Waals surface area contributed by atoms with E-state index >= 15 is 0 Å². The number of ketones is 1. The number of carbonyl (C=O) groups excluding carboxylic acids is 1. The molecule has 0 aliphatic rings. The van der Waals surface area contributed by atoms with Crippen LogP contribution in [0.4, 0.5) is 5.69 Å². The number of hydrogen-bond donors (Lipinski definition) is 0. The first-order valence-electron chi connectivity index (χ1n) is 4.32. The van der Waals surface area contributed by atoms with Crippen LogP contribution in [-0.4, -0.2) is 22.2 Å². The fourth-order valence-electron chi connectivity index (χ4n) is 1.24. The Bertz CT molecular complexity index is 469. The predicted octanol–water partition coefficient (Wildman–Crippen LogP) is 1.36. The average Bonchev–Trinajstić information content (AvgIpc) is 2.15. The summed E-state index contributed by atoms with van der Waals surface area (Å²) in [7, 11) is 0. The maximum Gasteiger partial charge on any atom is 0.272 e. The molecule has 1 rings (SSSR count). The van der Waals surface area contributed by atoms with Gasteiger partial charge in [0.2, 0.25) is 5.78 Å². The molecule has 0 N–H and O–H groups in total. The van der Waals surface area contributed by atoms with E-state index in [9.17, 15) is 25.0 Å². The number of aryl methyl sites for hydroxylation is 1. The summed E-state index contributed by atoms with van der Waals surface area (Å²) in [5.74, 6) is -0.664. The van der Waals surface area contributed by atoms with Crippen molar-refractivity contribution in [2.45, 2.75) is 6.92 Å². The quantitative estimate of drug-likeness (QED) is 0.436. The highest BCUT2D eigenvalue weighted by molar-refractivity contribution is 5.97. The molecule has 1 aromatic carbocycles. The highest BCUT2D eigenvalue weighted by atomic mass is 16.6. The Morgan fingerprint density at radius 3 is 2.38 bits per heavy atom. The summed E-state index contributed by atoms with van der Waals surface area (Å²) < 4.78 is 0. The molecule has 16 heavy (non-hydrogen) atoms. The lowest BCUT2D eigenvalue weighted by Crippen LogP contribution is -2.13. The first kappa shape index (κ1) is 11.8. The van der Waals surface area contributed by atoms with Crippen molar-refractivity contribution >= 4 is 11.5 Å². The first-order chi connectivity index (χ1) is 7.41. The lowest BCUT2D eigenvalue weighted by molar-refractivity contribution is -0.465. The second-order valence-electron chi connectivity index (χ2n) is 3.17. The normalized spacial score (nSPS) is 9.81. The first-order valence-corrected chi connectivity index (χ1v) is 4.32. The Kier molecular flexibility index (Phi) is 3.29. The molecule has 1 aromatic rings. The molecule has 0 radical (unpaired) electrons. The van der Waals surface area contributed by atoms with Gasteiger partial charge in [-0.3, -0.25) is 25.0 Å². The summed E-state index contributed by atoms with van der Waals surface area (Å²) in [5, 5.41) is 20.6. The minimum absolute atomic E-state index is 0.111. The maximum atomic E-state index is 11.3. The van der Waals surface area contributed by atoms with Gasteiger partial charge >= 0.3 is 0 Å². The van der Waals surface area contributed by atoms with E-state index < -0.39 is 22.2 Å². The number of benzene rings is 1. The van der Waals surface area contributed by atoms with Gasteiger partial charge in [0, 0.05) is 22.1 Å². The number of hydrogen-bond acceptors (Lipinski definition) is 5. The van der Waals surface area contributed by atoms with Gasteiger partial charge in [-0.1, -0.05) is 0 Å². The predicted molar refractivity (Wildman–Crippen MR) is 54.0 cm³/mol. The van der Waals surface area contributed by atoms with E-state index in [0.29, 0.717) is 5.56 Å². The molecule has 0 saturated carbocycles. The maximum absolute atomic E-state index is 11.3. The Balaban J connectivity index is 3.01. The Hall–Kier alpha value is -2.31. The van der Waals surface area contributed by atoms with Gasteiger partial charge in [-0.25, -0.2) is 0 Å². The largest absolute Gasteiger partial charge is 0.287 e. The van der Waals surface area contributed by atoms with E-state index in [1.54, 1.807) is 0 Å². The van der Waals surface area contributed by atoms with Crippen LogP contribution in [0.3, 0.4) is 0 Å². The van der Waals surface area contributed by atoms with Gasteiger partial charge in [0.25, 0.3) is 12.2 Å². The third-order valence-electron chi connectivity index (χ3n) is 1.99. The van der Waals surface area contributed by atoms with Crippen molar-refractivity contribution in [2.75, 3.05) is 6.54 Å². The molecule has 0 aliphatic heterocycles. The molecule has 7 nitrogen and oxygen atoms in total.